The average molecular weight is 494 g/mol. The molecule has 1 fully saturated rings. The van der Waals surface area contributed by atoms with E-state index in [4.69, 9.17) is 16.3 Å². The minimum Gasteiger partial charge on any atom is -0.490 e. The third-order valence-corrected chi connectivity index (χ3v) is 5.77. The number of anilines is 2. The Morgan fingerprint density at radius 1 is 1.23 bits per heavy atom. The van der Waals surface area contributed by atoms with E-state index < -0.39 is 5.82 Å². The zero-order chi connectivity index (χ0) is 21.1. The van der Waals surface area contributed by atoms with Gasteiger partial charge in [-0.15, -0.1) is 0 Å². The molecule has 2 aromatic carbocycles. The number of halogens is 3. The average Bonchev–Trinajstić information content (AvgIpc) is 2.77. The van der Waals surface area contributed by atoms with Crippen molar-refractivity contribution in [2.24, 2.45) is 0 Å². The van der Waals surface area contributed by atoms with Gasteiger partial charge in [-0.05, 0) is 36.4 Å². The number of carbonyl (C=O) groups is 1. The lowest BCUT2D eigenvalue weighted by molar-refractivity contribution is -0.130. The van der Waals surface area contributed by atoms with Gasteiger partial charge in [-0.2, -0.15) is 0 Å². The molecule has 4 rings (SSSR count). The van der Waals surface area contributed by atoms with Crippen LogP contribution in [0, 0.1) is 5.82 Å². The Labute approximate surface area is 186 Å². The fraction of sp³-hybridized carbons (Fsp3) is 0.286. The Hall–Kier alpha value is -2.45. The van der Waals surface area contributed by atoms with Crippen LogP contribution < -0.4 is 10.1 Å². The van der Waals surface area contributed by atoms with Crippen LogP contribution in [-0.4, -0.2) is 45.3 Å². The number of benzene rings is 2. The van der Waals surface area contributed by atoms with E-state index in [1.54, 1.807) is 6.07 Å². The lowest BCUT2D eigenvalue weighted by atomic mass is 10.1. The Morgan fingerprint density at radius 2 is 2.03 bits per heavy atom. The number of fused-ring (bicyclic) bond motifs is 1. The van der Waals surface area contributed by atoms with E-state index in [1.807, 2.05) is 23.1 Å². The molecule has 0 radical (unpaired) electrons. The standard InChI is InChI=1S/C21H19BrClFN4O2/c22-11-20(29)28-7-5-14(6-8-28)30-15-2-4-19-16(10-15)21(26-12-25-19)27-13-1-3-18(24)17(23)9-13/h1-4,9-10,12,14H,5-8,11H2,(H,25,26,27). The van der Waals surface area contributed by atoms with Gasteiger partial charge in [-0.1, -0.05) is 27.5 Å². The summed E-state index contributed by atoms with van der Waals surface area (Å²) in [6.45, 7) is 1.37. The number of likely N-dealkylation sites (tertiary alicyclic amines) is 1. The molecule has 1 N–H and O–H groups in total. The summed E-state index contributed by atoms with van der Waals surface area (Å²) in [5, 5.41) is 4.32. The van der Waals surface area contributed by atoms with Crippen molar-refractivity contribution < 1.29 is 13.9 Å². The van der Waals surface area contributed by atoms with Gasteiger partial charge in [0.15, 0.2) is 0 Å². The van der Waals surface area contributed by atoms with Crippen LogP contribution in [0.15, 0.2) is 42.7 Å². The van der Waals surface area contributed by atoms with Gasteiger partial charge in [0.05, 0.1) is 15.9 Å². The molecule has 0 aliphatic carbocycles. The molecule has 0 spiro atoms. The first-order chi connectivity index (χ1) is 14.5. The van der Waals surface area contributed by atoms with Crippen molar-refractivity contribution in [2.75, 3.05) is 23.7 Å². The number of rotatable bonds is 5. The molecule has 0 atom stereocenters. The van der Waals surface area contributed by atoms with Gasteiger partial charge in [0.25, 0.3) is 0 Å². The highest BCUT2D eigenvalue weighted by atomic mass is 79.9. The first kappa shape index (κ1) is 20.8. The number of amides is 1. The van der Waals surface area contributed by atoms with E-state index in [1.165, 1.54) is 18.5 Å². The molecular weight excluding hydrogens is 475 g/mol. The lowest BCUT2D eigenvalue weighted by Crippen LogP contribution is -2.42. The second-order valence-corrected chi connectivity index (χ2v) is 7.95. The summed E-state index contributed by atoms with van der Waals surface area (Å²) in [5.74, 6) is 0.913. The summed E-state index contributed by atoms with van der Waals surface area (Å²) >= 11 is 9.09. The molecule has 1 aromatic heterocycles. The second-order valence-electron chi connectivity index (χ2n) is 6.99. The molecule has 1 aliphatic rings. The smallest absolute Gasteiger partial charge is 0.233 e. The van der Waals surface area contributed by atoms with Crippen molar-refractivity contribution in [3.8, 4) is 5.75 Å². The Balaban J connectivity index is 1.51. The van der Waals surface area contributed by atoms with Crippen LogP contribution >= 0.6 is 27.5 Å². The molecule has 156 valence electrons. The van der Waals surface area contributed by atoms with Crippen molar-refractivity contribution in [1.82, 2.24) is 14.9 Å². The predicted molar refractivity (Wildman–Crippen MR) is 118 cm³/mol. The van der Waals surface area contributed by atoms with E-state index in [-0.39, 0.29) is 17.0 Å². The van der Waals surface area contributed by atoms with E-state index in [0.717, 1.165) is 23.7 Å². The Kier molecular flexibility index (Phi) is 6.34. The van der Waals surface area contributed by atoms with Crippen molar-refractivity contribution >= 4 is 55.8 Å². The molecule has 1 aliphatic heterocycles. The van der Waals surface area contributed by atoms with E-state index in [9.17, 15) is 9.18 Å². The number of alkyl halides is 1. The van der Waals surface area contributed by atoms with Crippen LogP contribution in [0.5, 0.6) is 5.75 Å². The lowest BCUT2D eigenvalue weighted by Gasteiger charge is -2.32. The molecular formula is C21H19BrClFN4O2. The number of carbonyl (C=O) groups excluding carboxylic acids is 1. The van der Waals surface area contributed by atoms with Crippen molar-refractivity contribution in [3.63, 3.8) is 0 Å². The highest BCUT2D eigenvalue weighted by Gasteiger charge is 2.23. The molecule has 3 aromatic rings. The highest BCUT2D eigenvalue weighted by molar-refractivity contribution is 9.09. The molecule has 0 bridgehead atoms. The molecule has 1 amide bonds. The minimum absolute atomic E-state index is 0.0344. The van der Waals surface area contributed by atoms with Crippen LogP contribution in [0.2, 0.25) is 5.02 Å². The normalized spacial score (nSPS) is 14.7. The third kappa shape index (κ3) is 4.65. The number of nitrogens with one attached hydrogen (secondary N) is 1. The first-order valence-electron chi connectivity index (χ1n) is 9.50. The molecule has 1 saturated heterocycles. The first-order valence-corrected chi connectivity index (χ1v) is 11.0. The summed E-state index contributed by atoms with van der Waals surface area (Å²) in [7, 11) is 0. The molecule has 30 heavy (non-hydrogen) atoms. The molecule has 0 unspecified atom stereocenters. The number of piperidine rings is 1. The fourth-order valence-electron chi connectivity index (χ4n) is 3.42. The van der Waals surface area contributed by atoms with Crippen LogP contribution in [0.1, 0.15) is 12.8 Å². The van der Waals surface area contributed by atoms with Gasteiger partial charge >= 0.3 is 0 Å². The number of aromatic nitrogens is 2. The van der Waals surface area contributed by atoms with Crippen LogP contribution in [0.3, 0.4) is 0 Å². The van der Waals surface area contributed by atoms with E-state index in [0.29, 0.717) is 35.7 Å². The zero-order valence-corrected chi connectivity index (χ0v) is 18.3. The summed E-state index contributed by atoms with van der Waals surface area (Å²) in [6, 6.07) is 10.0. The zero-order valence-electron chi connectivity index (χ0n) is 15.9. The van der Waals surface area contributed by atoms with Crippen molar-refractivity contribution in [2.45, 2.75) is 18.9 Å². The maximum atomic E-state index is 13.4. The van der Waals surface area contributed by atoms with Crippen LogP contribution in [0.4, 0.5) is 15.9 Å². The monoisotopic (exact) mass is 492 g/mol. The number of ether oxygens (including phenoxy) is 1. The summed E-state index contributed by atoms with van der Waals surface area (Å²) in [4.78, 5) is 22.3. The minimum atomic E-state index is -0.477. The largest absolute Gasteiger partial charge is 0.490 e. The van der Waals surface area contributed by atoms with Crippen molar-refractivity contribution in [1.29, 1.82) is 0 Å². The topological polar surface area (TPSA) is 67.4 Å². The van der Waals surface area contributed by atoms with Crippen LogP contribution in [0.25, 0.3) is 10.9 Å². The van der Waals surface area contributed by atoms with E-state index in [2.05, 4.69) is 31.2 Å². The van der Waals surface area contributed by atoms with Gasteiger partial charge in [0, 0.05) is 37.0 Å². The predicted octanol–water partition coefficient (Wildman–Crippen LogP) is 4.93. The maximum Gasteiger partial charge on any atom is 0.233 e. The van der Waals surface area contributed by atoms with Crippen LogP contribution in [-0.2, 0) is 4.79 Å². The Morgan fingerprint density at radius 3 is 2.77 bits per heavy atom. The number of nitrogens with zero attached hydrogens (tertiary/aromatic N) is 3. The number of hydrogen-bond donors (Lipinski definition) is 1. The van der Waals surface area contributed by atoms with Gasteiger partial charge in [0.1, 0.15) is 29.8 Å². The fourth-order valence-corrected chi connectivity index (χ4v) is 3.95. The molecule has 9 heteroatoms. The number of hydrogen-bond acceptors (Lipinski definition) is 5. The van der Waals surface area contributed by atoms with Gasteiger partial charge in [-0.3, -0.25) is 4.79 Å². The van der Waals surface area contributed by atoms with Gasteiger partial charge in [0.2, 0.25) is 5.91 Å². The molecule has 0 saturated carbocycles. The highest BCUT2D eigenvalue weighted by Crippen LogP contribution is 2.29. The van der Waals surface area contributed by atoms with Crippen molar-refractivity contribution in [3.05, 3.63) is 53.6 Å². The SMILES string of the molecule is O=C(CBr)N1CCC(Oc2ccc3ncnc(Nc4ccc(F)c(Cl)c4)c3c2)CC1. The van der Waals surface area contributed by atoms with E-state index >= 15 is 0 Å². The Bertz CT molecular complexity index is 1080. The quantitative estimate of drug-likeness (QED) is 0.511. The maximum absolute atomic E-state index is 13.4. The summed E-state index contributed by atoms with van der Waals surface area (Å²) < 4.78 is 19.6. The van der Waals surface area contributed by atoms with Gasteiger partial charge in [-0.25, -0.2) is 14.4 Å². The third-order valence-electron chi connectivity index (χ3n) is 5.00. The van der Waals surface area contributed by atoms with Gasteiger partial charge < -0.3 is 15.0 Å². The second kappa shape index (κ2) is 9.14. The molecule has 6 nitrogen and oxygen atoms in total. The summed E-state index contributed by atoms with van der Waals surface area (Å²) in [5.41, 5.74) is 1.38. The summed E-state index contributed by atoms with van der Waals surface area (Å²) in [6.07, 6.45) is 3.06. The molecule has 2 heterocycles.